The van der Waals surface area contributed by atoms with E-state index in [1.54, 1.807) is 11.1 Å². The summed E-state index contributed by atoms with van der Waals surface area (Å²) in [5.41, 5.74) is 4.63. The summed E-state index contributed by atoms with van der Waals surface area (Å²) in [5, 5.41) is 3.75. The number of likely N-dealkylation sites (N-methyl/N-ethyl adjacent to an activating group) is 1. The maximum Gasteiger partial charge on any atom is 0.0292 e. The first kappa shape index (κ1) is 14.1. The van der Waals surface area contributed by atoms with Crippen molar-refractivity contribution in [2.45, 2.75) is 58.0 Å². The number of nitrogens with one attached hydrogen (secondary N) is 1. The first-order valence-corrected chi connectivity index (χ1v) is 8.37. The van der Waals surface area contributed by atoms with Gasteiger partial charge in [0.25, 0.3) is 0 Å². The van der Waals surface area contributed by atoms with Crippen molar-refractivity contribution in [1.29, 1.82) is 0 Å². The highest BCUT2D eigenvalue weighted by molar-refractivity contribution is 5.36. The molecule has 0 radical (unpaired) electrons. The second-order valence-electron chi connectivity index (χ2n) is 6.44. The fourth-order valence-corrected chi connectivity index (χ4v) is 3.83. The first-order chi connectivity index (χ1) is 9.78. The highest BCUT2D eigenvalue weighted by atomic mass is 15.2. The van der Waals surface area contributed by atoms with Gasteiger partial charge in [0.05, 0.1) is 0 Å². The molecule has 1 aliphatic carbocycles. The van der Waals surface area contributed by atoms with Gasteiger partial charge in [-0.15, -0.1) is 0 Å². The second-order valence-corrected chi connectivity index (χ2v) is 6.44. The minimum absolute atomic E-state index is 0.472. The average molecular weight is 272 g/mol. The van der Waals surface area contributed by atoms with E-state index in [0.29, 0.717) is 6.04 Å². The third kappa shape index (κ3) is 2.91. The number of nitrogens with zero attached hydrogens (tertiary/aromatic N) is 1. The lowest BCUT2D eigenvalue weighted by atomic mass is 10.0. The zero-order valence-electron chi connectivity index (χ0n) is 13.0. The van der Waals surface area contributed by atoms with Crippen LogP contribution in [0.5, 0.6) is 0 Å². The topological polar surface area (TPSA) is 15.3 Å². The highest BCUT2D eigenvalue weighted by Crippen LogP contribution is 2.25. The molecule has 2 heteroatoms. The van der Waals surface area contributed by atoms with Gasteiger partial charge in [0, 0.05) is 18.6 Å². The number of hydrogen-bond acceptors (Lipinski definition) is 2. The van der Waals surface area contributed by atoms with Crippen LogP contribution in [0.2, 0.25) is 0 Å². The molecule has 0 aromatic heterocycles. The number of benzene rings is 1. The van der Waals surface area contributed by atoms with Crippen LogP contribution in [0.15, 0.2) is 18.2 Å². The van der Waals surface area contributed by atoms with Crippen LogP contribution in [0.1, 0.15) is 55.8 Å². The predicted molar refractivity (Wildman–Crippen MR) is 85.2 cm³/mol. The fraction of sp³-hybridized carbons (Fsp3) is 0.667. The summed E-state index contributed by atoms with van der Waals surface area (Å²) in [4.78, 5) is 2.61. The standard InChI is InChI=1S/C18H28N2/c1-3-20-11-5-8-18(20)13-19-14(2)16-10-9-15-6-4-7-17(15)12-16/h9-10,12,14,18-19H,3-8,11,13H2,1-2H3. The van der Waals surface area contributed by atoms with Crippen molar-refractivity contribution in [2.75, 3.05) is 19.6 Å². The number of likely N-dealkylation sites (tertiary alicyclic amines) is 1. The minimum atomic E-state index is 0.472. The van der Waals surface area contributed by atoms with E-state index < -0.39 is 0 Å². The Morgan fingerprint density at radius 3 is 2.95 bits per heavy atom. The Kier molecular flexibility index (Phi) is 4.42. The van der Waals surface area contributed by atoms with Gasteiger partial charge in [-0.2, -0.15) is 0 Å². The molecule has 0 bridgehead atoms. The van der Waals surface area contributed by atoms with Gasteiger partial charge in [-0.3, -0.25) is 4.90 Å². The molecule has 2 aliphatic rings. The van der Waals surface area contributed by atoms with Crippen molar-refractivity contribution in [3.05, 3.63) is 34.9 Å². The van der Waals surface area contributed by atoms with Crippen LogP contribution in [-0.2, 0) is 12.8 Å². The normalized spacial score (nSPS) is 24.0. The zero-order valence-corrected chi connectivity index (χ0v) is 13.0. The summed E-state index contributed by atoms with van der Waals surface area (Å²) in [5.74, 6) is 0. The van der Waals surface area contributed by atoms with Crippen LogP contribution in [0, 0.1) is 0 Å². The molecular formula is C18H28N2. The molecule has 1 aromatic rings. The summed E-state index contributed by atoms with van der Waals surface area (Å²) < 4.78 is 0. The van der Waals surface area contributed by atoms with E-state index in [9.17, 15) is 0 Å². The molecule has 110 valence electrons. The molecule has 3 rings (SSSR count). The molecule has 20 heavy (non-hydrogen) atoms. The lowest BCUT2D eigenvalue weighted by Crippen LogP contribution is -2.38. The molecule has 0 spiro atoms. The Bertz CT molecular complexity index is 455. The van der Waals surface area contributed by atoms with Crippen LogP contribution in [0.3, 0.4) is 0 Å². The van der Waals surface area contributed by atoms with Gasteiger partial charge in [0.15, 0.2) is 0 Å². The van der Waals surface area contributed by atoms with Crippen LogP contribution in [0.25, 0.3) is 0 Å². The molecule has 1 aliphatic heterocycles. The number of hydrogen-bond donors (Lipinski definition) is 1. The average Bonchev–Trinajstić information content (AvgIpc) is 3.12. The van der Waals surface area contributed by atoms with Gasteiger partial charge < -0.3 is 5.32 Å². The molecule has 2 nitrogen and oxygen atoms in total. The van der Waals surface area contributed by atoms with E-state index in [1.807, 2.05) is 0 Å². The summed E-state index contributed by atoms with van der Waals surface area (Å²) in [6.07, 6.45) is 6.63. The quantitative estimate of drug-likeness (QED) is 0.884. The molecule has 1 saturated heterocycles. The fourth-order valence-electron chi connectivity index (χ4n) is 3.83. The maximum absolute atomic E-state index is 3.75. The summed E-state index contributed by atoms with van der Waals surface area (Å²) in [7, 11) is 0. The Balaban J connectivity index is 1.57. The minimum Gasteiger partial charge on any atom is -0.309 e. The van der Waals surface area contributed by atoms with Gasteiger partial charge >= 0.3 is 0 Å². The van der Waals surface area contributed by atoms with E-state index in [2.05, 4.69) is 42.3 Å². The van der Waals surface area contributed by atoms with Crippen LogP contribution < -0.4 is 5.32 Å². The summed E-state index contributed by atoms with van der Waals surface area (Å²) in [6, 6.07) is 8.33. The third-order valence-electron chi connectivity index (χ3n) is 5.19. The molecule has 1 aromatic carbocycles. The maximum atomic E-state index is 3.75. The van der Waals surface area contributed by atoms with Crippen molar-refractivity contribution in [2.24, 2.45) is 0 Å². The molecule has 0 saturated carbocycles. The van der Waals surface area contributed by atoms with Crippen molar-refractivity contribution in [3.8, 4) is 0 Å². The van der Waals surface area contributed by atoms with E-state index in [4.69, 9.17) is 0 Å². The van der Waals surface area contributed by atoms with Crippen molar-refractivity contribution in [3.63, 3.8) is 0 Å². The molecular weight excluding hydrogens is 244 g/mol. The van der Waals surface area contributed by atoms with Gasteiger partial charge in [-0.05, 0) is 68.8 Å². The Morgan fingerprint density at radius 2 is 2.10 bits per heavy atom. The zero-order chi connectivity index (χ0) is 13.9. The third-order valence-corrected chi connectivity index (χ3v) is 5.19. The summed E-state index contributed by atoms with van der Waals surface area (Å²) in [6.45, 7) is 8.20. The molecule has 2 atom stereocenters. The van der Waals surface area contributed by atoms with E-state index in [1.165, 1.54) is 50.8 Å². The van der Waals surface area contributed by atoms with E-state index >= 15 is 0 Å². The van der Waals surface area contributed by atoms with Gasteiger partial charge in [-0.25, -0.2) is 0 Å². The lowest BCUT2D eigenvalue weighted by molar-refractivity contribution is 0.255. The van der Waals surface area contributed by atoms with Gasteiger partial charge in [0.1, 0.15) is 0 Å². The SMILES string of the molecule is CCN1CCCC1CNC(C)c1ccc2c(c1)CCC2. The molecule has 1 N–H and O–H groups in total. The largest absolute Gasteiger partial charge is 0.309 e. The Morgan fingerprint density at radius 1 is 1.25 bits per heavy atom. The molecule has 2 unspecified atom stereocenters. The smallest absolute Gasteiger partial charge is 0.0292 e. The Labute approximate surface area is 123 Å². The van der Waals surface area contributed by atoms with Crippen LogP contribution in [0.4, 0.5) is 0 Å². The first-order valence-electron chi connectivity index (χ1n) is 8.37. The van der Waals surface area contributed by atoms with Crippen molar-refractivity contribution >= 4 is 0 Å². The van der Waals surface area contributed by atoms with Crippen molar-refractivity contribution < 1.29 is 0 Å². The Hall–Kier alpha value is -0.860. The molecule has 0 amide bonds. The highest BCUT2D eigenvalue weighted by Gasteiger charge is 2.23. The van der Waals surface area contributed by atoms with Crippen LogP contribution >= 0.6 is 0 Å². The van der Waals surface area contributed by atoms with Crippen LogP contribution in [-0.4, -0.2) is 30.6 Å². The second kappa shape index (κ2) is 6.28. The number of rotatable bonds is 5. The van der Waals surface area contributed by atoms with E-state index in [0.717, 1.165) is 12.6 Å². The van der Waals surface area contributed by atoms with Gasteiger partial charge in [0.2, 0.25) is 0 Å². The number of fused-ring (bicyclic) bond motifs is 1. The van der Waals surface area contributed by atoms with Gasteiger partial charge in [-0.1, -0.05) is 25.1 Å². The van der Waals surface area contributed by atoms with Crippen molar-refractivity contribution in [1.82, 2.24) is 10.2 Å². The monoisotopic (exact) mass is 272 g/mol. The number of aryl methyl sites for hydroxylation is 2. The molecule has 1 heterocycles. The predicted octanol–water partition coefficient (Wildman–Crippen LogP) is 3.31. The summed E-state index contributed by atoms with van der Waals surface area (Å²) >= 11 is 0. The molecule has 1 fully saturated rings. The lowest BCUT2D eigenvalue weighted by Gasteiger charge is -2.25. The van der Waals surface area contributed by atoms with E-state index in [-0.39, 0.29) is 0 Å².